The Kier molecular flexibility index (Phi) is 4.05. The van der Waals surface area contributed by atoms with E-state index in [0.29, 0.717) is 12.3 Å². The minimum absolute atomic E-state index is 0.272. The minimum atomic E-state index is 0.272. The van der Waals surface area contributed by atoms with Crippen LogP contribution in [0, 0.1) is 5.92 Å². The summed E-state index contributed by atoms with van der Waals surface area (Å²) in [5.74, 6) is 1.70. The van der Waals surface area contributed by atoms with Crippen LogP contribution in [0.3, 0.4) is 0 Å². The van der Waals surface area contributed by atoms with Gasteiger partial charge in [0.1, 0.15) is 12.1 Å². The second kappa shape index (κ2) is 5.97. The zero-order chi connectivity index (χ0) is 14.8. The first-order chi connectivity index (χ1) is 10.1. The van der Waals surface area contributed by atoms with Crippen molar-refractivity contribution in [2.45, 2.75) is 20.3 Å². The molecule has 112 valence electrons. The first kappa shape index (κ1) is 14.3. The van der Waals surface area contributed by atoms with Gasteiger partial charge in [0.25, 0.3) is 0 Å². The summed E-state index contributed by atoms with van der Waals surface area (Å²) in [6, 6.07) is 2.02. The number of thiophene rings is 1. The van der Waals surface area contributed by atoms with E-state index in [1.165, 1.54) is 0 Å². The Morgan fingerprint density at radius 3 is 2.76 bits per heavy atom. The quantitative estimate of drug-likeness (QED) is 0.873. The van der Waals surface area contributed by atoms with Crippen molar-refractivity contribution < 1.29 is 4.79 Å². The van der Waals surface area contributed by atoms with Gasteiger partial charge in [0, 0.05) is 32.6 Å². The van der Waals surface area contributed by atoms with Crippen LogP contribution in [0.25, 0.3) is 10.2 Å². The van der Waals surface area contributed by atoms with E-state index in [2.05, 4.69) is 28.7 Å². The highest BCUT2D eigenvalue weighted by Gasteiger charge is 2.23. The van der Waals surface area contributed by atoms with Crippen molar-refractivity contribution in [3.8, 4) is 0 Å². The number of fused-ring (bicyclic) bond motifs is 1. The molecule has 0 atom stereocenters. The molecule has 1 aliphatic rings. The molecular formula is C15H20N4OS. The van der Waals surface area contributed by atoms with E-state index < -0.39 is 0 Å². The third-order valence-corrected chi connectivity index (χ3v) is 4.64. The number of carbonyl (C=O) groups excluding carboxylic acids is 1. The second-order valence-corrected chi connectivity index (χ2v) is 6.71. The van der Waals surface area contributed by atoms with Crippen LogP contribution in [0.15, 0.2) is 17.8 Å². The van der Waals surface area contributed by atoms with Crippen LogP contribution in [0.2, 0.25) is 0 Å². The number of nitrogens with zero attached hydrogens (tertiary/aromatic N) is 4. The number of rotatable bonds is 3. The van der Waals surface area contributed by atoms with Gasteiger partial charge in [0.15, 0.2) is 0 Å². The molecule has 1 amide bonds. The van der Waals surface area contributed by atoms with Crippen molar-refractivity contribution >= 4 is 33.3 Å². The molecule has 0 spiro atoms. The van der Waals surface area contributed by atoms with E-state index in [-0.39, 0.29) is 5.91 Å². The van der Waals surface area contributed by atoms with E-state index in [0.717, 1.165) is 42.2 Å². The molecular weight excluding hydrogens is 284 g/mol. The Balaban J connectivity index is 1.68. The number of piperazine rings is 1. The molecule has 21 heavy (non-hydrogen) atoms. The van der Waals surface area contributed by atoms with E-state index in [1.54, 1.807) is 17.7 Å². The maximum atomic E-state index is 12.1. The third kappa shape index (κ3) is 3.00. The van der Waals surface area contributed by atoms with Gasteiger partial charge < -0.3 is 9.80 Å². The molecule has 0 N–H and O–H groups in total. The van der Waals surface area contributed by atoms with Crippen molar-refractivity contribution in [3.63, 3.8) is 0 Å². The fourth-order valence-electron chi connectivity index (χ4n) is 2.65. The van der Waals surface area contributed by atoms with E-state index in [4.69, 9.17) is 0 Å². The fourth-order valence-corrected chi connectivity index (χ4v) is 3.51. The zero-order valence-electron chi connectivity index (χ0n) is 12.5. The smallest absolute Gasteiger partial charge is 0.222 e. The molecule has 0 aromatic carbocycles. The van der Waals surface area contributed by atoms with Gasteiger partial charge in [-0.25, -0.2) is 9.97 Å². The molecule has 0 bridgehead atoms. The van der Waals surface area contributed by atoms with Gasteiger partial charge in [-0.3, -0.25) is 4.79 Å². The van der Waals surface area contributed by atoms with Crippen molar-refractivity contribution in [2.75, 3.05) is 31.1 Å². The molecule has 3 rings (SSSR count). The van der Waals surface area contributed by atoms with Crippen molar-refractivity contribution in [1.82, 2.24) is 14.9 Å². The predicted octanol–water partition coefficient (Wildman–Crippen LogP) is 2.39. The van der Waals surface area contributed by atoms with Crippen LogP contribution in [0.1, 0.15) is 20.3 Å². The molecule has 6 heteroatoms. The summed E-state index contributed by atoms with van der Waals surface area (Å²) in [5.41, 5.74) is 1.00. The predicted molar refractivity (Wildman–Crippen MR) is 85.7 cm³/mol. The summed E-state index contributed by atoms with van der Waals surface area (Å²) < 4.78 is 1.14. The van der Waals surface area contributed by atoms with Gasteiger partial charge in [0.05, 0.1) is 10.2 Å². The van der Waals surface area contributed by atoms with E-state index in [1.807, 2.05) is 16.3 Å². The number of amides is 1. The monoisotopic (exact) mass is 304 g/mol. The third-order valence-electron chi connectivity index (χ3n) is 3.74. The molecule has 1 aliphatic heterocycles. The summed E-state index contributed by atoms with van der Waals surface area (Å²) in [6.07, 6.45) is 2.27. The van der Waals surface area contributed by atoms with E-state index in [9.17, 15) is 4.79 Å². The largest absolute Gasteiger partial charge is 0.352 e. The molecule has 1 fully saturated rings. The van der Waals surface area contributed by atoms with Crippen LogP contribution >= 0.6 is 11.3 Å². The van der Waals surface area contributed by atoms with Crippen LogP contribution < -0.4 is 4.90 Å². The number of aromatic nitrogens is 2. The molecule has 0 radical (unpaired) electrons. The van der Waals surface area contributed by atoms with Crippen LogP contribution in [0.4, 0.5) is 5.82 Å². The van der Waals surface area contributed by atoms with Crippen molar-refractivity contribution in [3.05, 3.63) is 17.8 Å². The highest BCUT2D eigenvalue weighted by atomic mass is 32.1. The topological polar surface area (TPSA) is 49.3 Å². The normalized spacial score (nSPS) is 16.0. The Labute approximate surface area is 128 Å². The number of anilines is 1. The van der Waals surface area contributed by atoms with Crippen LogP contribution in [0.5, 0.6) is 0 Å². The van der Waals surface area contributed by atoms with Gasteiger partial charge in [-0.2, -0.15) is 0 Å². The van der Waals surface area contributed by atoms with Crippen molar-refractivity contribution in [2.24, 2.45) is 5.92 Å². The Morgan fingerprint density at radius 1 is 1.29 bits per heavy atom. The lowest BCUT2D eigenvalue weighted by atomic mass is 10.1. The van der Waals surface area contributed by atoms with Gasteiger partial charge >= 0.3 is 0 Å². The molecule has 0 aliphatic carbocycles. The van der Waals surface area contributed by atoms with Gasteiger partial charge in [-0.15, -0.1) is 11.3 Å². The maximum Gasteiger partial charge on any atom is 0.222 e. The Morgan fingerprint density at radius 2 is 2.05 bits per heavy atom. The highest BCUT2D eigenvalue weighted by Crippen LogP contribution is 2.28. The first-order valence-electron chi connectivity index (χ1n) is 7.36. The van der Waals surface area contributed by atoms with Crippen LogP contribution in [-0.2, 0) is 4.79 Å². The number of hydrogen-bond donors (Lipinski definition) is 0. The lowest BCUT2D eigenvalue weighted by Gasteiger charge is -2.35. The van der Waals surface area contributed by atoms with Gasteiger partial charge in [-0.1, -0.05) is 13.8 Å². The minimum Gasteiger partial charge on any atom is -0.352 e. The van der Waals surface area contributed by atoms with Gasteiger partial charge in [-0.05, 0) is 17.4 Å². The average molecular weight is 304 g/mol. The Bertz CT molecular complexity index is 631. The highest BCUT2D eigenvalue weighted by molar-refractivity contribution is 7.17. The molecule has 2 aromatic rings. The molecule has 0 unspecified atom stereocenters. The summed E-state index contributed by atoms with van der Waals surface area (Å²) >= 11 is 1.68. The van der Waals surface area contributed by atoms with Crippen LogP contribution in [-0.4, -0.2) is 47.0 Å². The first-order valence-corrected chi connectivity index (χ1v) is 8.24. The molecule has 2 aromatic heterocycles. The summed E-state index contributed by atoms with van der Waals surface area (Å²) in [7, 11) is 0. The second-order valence-electron chi connectivity index (χ2n) is 5.80. The number of carbonyl (C=O) groups is 1. The molecule has 1 saturated heterocycles. The lowest BCUT2D eigenvalue weighted by Crippen LogP contribution is -2.49. The zero-order valence-corrected chi connectivity index (χ0v) is 13.3. The standard InChI is InChI=1S/C15H20N4OS/c1-11(2)9-13(20)18-4-6-19(7-5-18)15-14-12(3-8-21-14)16-10-17-15/h3,8,10-11H,4-7,9H2,1-2H3. The summed E-state index contributed by atoms with van der Waals surface area (Å²) in [4.78, 5) is 25.1. The number of hydrogen-bond acceptors (Lipinski definition) is 5. The fraction of sp³-hybridized carbons (Fsp3) is 0.533. The molecule has 5 nitrogen and oxygen atoms in total. The van der Waals surface area contributed by atoms with Crippen molar-refractivity contribution in [1.29, 1.82) is 0 Å². The molecule has 0 saturated carbocycles. The maximum absolute atomic E-state index is 12.1. The summed E-state index contributed by atoms with van der Waals surface area (Å²) in [5, 5.41) is 2.05. The Hall–Kier alpha value is -1.69. The lowest BCUT2D eigenvalue weighted by molar-refractivity contribution is -0.132. The van der Waals surface area contributed by atoms with Gasteiger partial charge in [0.2, 0.25) is 5.91 Å². The SMILES string of the molecule is CC(C)CC(=O)N1CCN(c2ncnc3ccsc23)CC1. The molecule has 3 heterocycles. The average Bonchev–Trinajstić information content (AvgIpc) is 2.95. The summed E-state index contributed by atoms with van der Waals surface area (Å²) in [6.45, 7) is 7.41. The van der Waals surface area contributed by atoms with E-state index >= 15 is 0 Å².